The van der Waals surface area contributed by atoms with Gasteiger partial charge in [0.2, 0.25) is 0 Å². The van der Waals surface area contributed by atoms with Crippen molar-refractivity contribution in [3.63, 3.8) is 0 Å². The molecule has 0 atom stereocenters. The number of amides is 1. The highest BCUT2D eigenvalue weighted by atomic mass is 16.6. The summed E-state index contributed by atoms with van der Waals surface area (Å²) in [7, 11) is 0. The van der Waals surface area contributed by atoms with Crippen LogP contribution in [0.25, 0.3) is 0 Å². The summed E-state index contributed by atoms with van der Waals surface area (Å²) >= 11 is 0. The van der Waals surface area contributed by atoms with E-state index in [2.05, 4.69) is 10.2 Å². The highest BCUT2D eigenvalue weighted by molar-refractivity contribution is 5.68. The van der Waals surface area contributed by atoms with Crippen molar-refractivity contribution in [2.45, 2.75) is 79.5 Å². The Bertz CT molecular complexity index is 586. The van der Waals surface area contributed by atoms with E-state index in [1.165, 1.54) is 5.56 Å². The van der Waals surface area contributed by atoms with Crippen LogP contribution in [0.2, 0.25) is 0 Å². The Morgan fingerprint density at radius 1 is 1.23 bits per heavy atom. The molecule has 1 aromatic rings. The molecule has 1 heterocycles. The summed E-state index contributed by atoms with van der Waals surface area (Å²) in [5.41, 5.74) is 2.60. The fourth-order valence-electron chi connectivity index (χ4n) is 3.12. The molecule has 26 heavy (non-hydrogen) atoms. The van der Waals surface area contributed by atoms with E-state index in [1.807, 2.05) is 60.6 Å². The number of ether oxygens (including phenoxy) is 1. The van der Waals surface area contributed by atoms with E-state index in [1.54, 1.807) is 0 Å². The molecule has 148 valence electrons. The number of hydrogen-bond acceptors (Lipinski definition) is 4. The fourth-order valence-corrected chi connectivity index (χ4v) is 3.12. The molecule has 5 nitrogen and oxygen atoms in total. The van der Waals surface area contributed by atoms with Gasteiger partial charge in [-0.2, -0.15) is 0 Å². The van der Waals surface area contributed by atoms with E-state index in [0.717, 1.165) is 43.6 Å². The molecule has 0 aliphatic carbocycles. The lowest BCUT2D eigenvalue weighted by Crippen LogP contribution is -2.45. The van der Waals surface area contributed by atoms with E-state index < -0.39 is 5.60 Å². The van der Waals surface area contributed by atoms with Gasteiger partial charge in [0.25, 0.3) is 0 Å². The van der Waals surface area contributed by atoms with E-state index in [0.29, 0.717) is 5.75 Å². The number of carbonyl (C=O) groups is 1. The molecule has 1 aliphatic rings. The molecule has 1 fully saturated rings. The van der Waals surface area contributed by atoms with E-state index in [9.17, 15) is 9.90 Å². The predicted molar refractivity (Wildman–Crippen MR) is 107 cm³/mol. The molecule has 1 amide bonds. The molecule has 1 aliphatic heterocycles. The summed E-state index contributed by atoms with van der Waals surface area (Å²) in [6.07, 6.45) is 1.45. The number of aromatic hydroxyl groups is 1. The van der Waals surface area contributed by atoms with Crippen LogP contribution in [0.5, 0.6) is 5.75 Å². The number of alkyl carbamates (subject to hydrolysis) is 1. The molecule has 5 heteroatoms. The third-order valence-electron chi connectivity index (χ3n) is 4.23. The number of aryl methyl sites for hydroxylation is 2. The van der Waals surface area contributed by atoms with Crippen LogP contribution in [0.4, 0.5) is 4.79 Å². The molecule has 0 bridgehead atoms. The van der Waals surface area contributed by atoms with Crippen molar-refractivity contribution in [3.8, 4) is 5.75 Å². The lowest BCUT2D eigenvalue weighted by molar-refractivity contribution is 0.0477. The largest absolute Gasteiger partial charge is 0.507 e. The van der Waals surface area contributed by atoms with Crippen LogP contribution in [0.3, 0.4) is 0 Å². The molecule has 2 rings (SSSR count). The van der Waals surface area contributed by atoms with Gasteiger partial charge < -0.3 is 15.2 Å². The summed E-state index contributed by atoms with van der Waals surface area (Å²) in [6.45, 7) is 16.1. The molecule has 2 N–H and O–H groups in total. The number of phenols is 1. The van der Waals surface area contributed by atoms with Crippen LogP contribution in [0, 0.1) is 13.8 Å². The Labute approximate surface area is 158 Å². The molecule has 0 unspecified atom stereocenters. The molecular weight excluding hydrogens is 328 g/mol. The highest BCUT2D eigenvalue weighted by Crippen LogP contribution is 2.26. The number of carbonyl (C=O) groups excluding carboxylic acids is 1. The van der Waals surface area contributed by atoms with Crippen molar-refractivity contribution in [1.29, 1.82) is 0 Å². The molecule has 0 radical (unpaired) electrons. The number of hydrogen-bond donors (Lipinski definition) is 2. The van der Waals surface area contributed by atoms with Crippen LogP contribution in [0.1, 0.15) is 64.2 Å². The van der Waals surface area contributed by atoms with Gasteiger partial charge >= 0.3 is 6.09 Å². The Hall–Kier alpha value is -1.75. The van der Waals surface area contributed by atoms with Gasteiger partial charge in [0, 0.05) is 31.2 Å². The van der Waals surface area contributed by atoms with Gasteiger partial charge in [0.05, 0.1) is 0 Å². The summed E-state index contributed by atoms with van der Waals surface area (Å²) in [6, 6.07) is 4.20. The third kappa shape index (κ3) is 7.24. The minimum atomic E-state index is -0.467. The van der Waals surface area contributed by atoms with Gasteiger partial charge in [0.15, 0.2) is 0 Å². The molecule has 1 saturated heterocycles. The normalized spacial score (nSPS) is 15.8. The SMILES string of the molecule is CC.Cc1cc(C)c(O)c(CN2CCC(NC(=O)OC(C)(C)C)CC2)c1. The summed E-state index contributed by atoms with van der Waals surface area (Å²) < 4.78 is 5.31. The van der Waals surface area contributed by atoms with Crippen molar-refractivity contribution >= 4 is 6.09 Å². The number of likely N-dealkylation sites (tertiary alicyclic amines) is 1. The van der Waals surface area contributed by atoms with Crippen molar-refractivity contribution < 1.29 is 14.6 Å². The maximum absolute atomic E-state index is 11.8. The smallest absolute Gasteiger partial charge is 0.407 e. The summed E-state index contributed by atoms with van der Waals surface area (Å²) in [4.78, 5) is 14.2. The first-order chi connectivity index (χ1) is 12.1. The Morgan fingerprint density at radius 2 is 1.81 bits per heavy atom. The number of piperidine rings is 1. The zero-order chi connectivity index (χ0) is 19.9. The maximum atomic E-state index is 11.8. The van der Waals surface area contributed by atoms with Crippen molar-refractivity contribution in [2.75, 3.05) is 13.1 Å². The zero-order valence-corrected chi connectivity index (χ0v) is 17.5. The Morgan fingerprint density at radius 3 is 2.35 bits per heavy atom. The first-order valence-electron chi connectivity index (χ1n) is 9.65. The molecule has 0 aromatic heterocycles. The molecule has 0 spiro atoms. The van der Waals surface area contributed by atoms with Crippen LogP contribution >= 0.6 is 0 Å². The zero-order valence-electron chi connectivity index (χ0n) is 17.5. The average molecular weight is 365 g/mol. The summed E-state index contributed by atoms with van der Waals surface area (Å²) in [5.74, 6) is 0.398. The average Bonchev–Trinajstić information content (AvgIpc) is 2.54. The topological polar surface area (TPSA) is 61.8 Å². The third-order valence-corrected chi connectivity index (χ3v) is 4.23. The van der Waals surface area contributed by atoms with Crippen LogP contribution in [-0.4, -0.2) is 40.8 Å². The maximum Gasteiger partial charge on any atom is 0.407 e. The fraction of sp³-hybridized carbons (Fsp3) is 0.667. The number of nitrogens with one attached hydrogen (secondary N) is 1. The predicted octanol–water partition coefficient (Wildman–Crippen LogP) is 4.52. The minimum Gasteiger partial charge on any atom is -0.507 e. The number of nitrogens with zero attached hydrogens (tertiary/aromatic N) is 1. The highest BCUT2D eigenvalue weighted by Gasteiger charge is 2.24. The Kier molecular flexibility index (Phi) is 8.41. The minimum absolute atomic E-state index is 0.156. The van der Waals surface area contributed by atoms with Gasteiger partial charge in [-0.05, 0) is 53.0 Å². The molecule has 1 aromatic carbocycles. The Balaban J connectivity index is 0.00000163. The molecule has 0 saturated carbocycles. The van der Waals surface area contributed by atoms with Gasteiger partial charge in [-0.15, -0.1) is 0 Å². The van der Waals surface area contributed by atoms with Crippen LogP contribution < -0.4 is 5.32 Å². The quantitative estimate of drug-likeness (QED) is 0.827. The van der Waals surface area contributed by atoms with E-state index in [4.69, 9.17) is 4.74 Å². The second kappa shape index (κ2) is 9.81. The number of rotatable bonds is 3. The number of benzene rings is 1. The van der Waals surface area contributed by atoms with Crippen LogP contribution in [-0.2, 0) is 11.3 Å². The van der Waals surface area contributed by atoms with Gasteiger partial charge in [0.1, 0.15) is 11.4 Å². The monoisotopic (exact) mass is 364 g/mol. The lowest BCUT2D eigenvalue weighted by Gasteiger charge is -2.33. The first kappa shape index (κ1) is 22.3. The van der Waals surface area contributed by atoms with Crippen LogP contribution in [0.15, 0.2) is 12.1 Å². The standard InChI is InChI=1S/C19H30N2O3.C2H6/c1-13-10-14(2)17(22)15(11-13)12-21-8-6-16(7-9-21)20-18(23)24-19(3,4)5;1-2/h10-11,16,22H,6-9,12H2,1-5H3,(H,20,23);1-2H3. The van der Waals surface area contributed by atoms with Crippen molar-refractivity contribution in [3.05, 3.63) is 28.8 Å². The lowest BCUT2D eigenvalue weighted by atomic mass is 10.0. The van der Waals surface area contributed by atoms with Gasteiger partial charge in [-0.25, -0.2) is 4.79 Å². The first-order valence-corrected chi connectivity index (χ1v) is 9.65. The summed E-state index contributed by atoms with van der Waals surface area (Å²) in [5, 5.41) is 13.2. The second-order valence-electron chi connectivity index (χ2n) is 7.79. The molecular formula is C21H36N2O3. The number of phenolic OH excluding ortho intramolecular Hbond substituents is 1. The van der Waals surface area contributed by atoms with Crippen molar-refractivity contribution in [1.82, 2.24) is 10.2 Å². The van der Waals surface area contributed by atoms with Gasteiger partial charge in [-0.3, -0.25) is 4.90 Å². The van der Waals surface area contributed by atoms with Crippen molar-refractivity contribution in [2.24, 2.45) is 0 Å². The second-order valence-corrected chi connectivity index (χ2v) is 7.79. The van der Waals surface area contributed by atoms with E-state index >= 15 is 0 Å². The van der Waals surface area contributed by atoms with E-state index in [-0.39, 0.29) is 12.1 Å². The van der Waals surface area contributed by atoms with Gasteiger partial charge in [-0.1, -0.05) is 31.5 Å².